The molecule has 26 heavy (non-hydrogen) atoms. The molecule has 3 rings (SSSR count). The highest BCUT2D eigenvalue weighted by atomic mass is 32.2. The number of Topliss-reactive ketones (excluding diaryl/α,β-unsaturated/α-hetero) is 1. The number of fused-ring (bicyclic) bond motifs is 1. The lowest BCUT2D eigenvalue weighted by atomic mass is 9.92. The molecule has 1 amide bonds. The summed E-state index contributed by atoms with van der Waals surface area (Å²) in [5, 5.41) is 9.61. The number of carbonyl (C=O) groups excluding carboxylic acids is 2. The Balaban J connectivity index is 1.62. The van der Waals surface area contributed by atoms with Crippen molar-refractivity contribution < 1.29 is 19.5 Å². The van der Waals surface area contributed by atoms with E-state index in [1.165, 1.54) is 16.7 Å². The van der Waals surface area contributed by atoms with Crippen LogP contribution in [0.25, 0.3) is 0 Å². The average molecular weight is 369 g/mol. The second-order valence-corrected chi connectivity index (χ2v) is 7.04. The molecular formula is C20H19NO4S. The second kappa shape index (κ2) is 8.19. The Labute approximate surface area is 156 Å². The lowest BCUT2D eigenvalue weighted by Crippen LogP contribution is -2.44. The van der Waals surface area contributed by atoms with Crippen LogP contribution < -0.4 is 0 Å². The SMILES string of the molecule is O=C(CSCC(=O)N1CCc2ccccc2C1C(=O)O)c1ccccc1. The lowest BCUT2D eigenvalue weighted by molar-refractivity contribution is -0.150. The highest BCUT2D eigenvalue weighted by molar-refractivity contribution is 8.00. The van der Waals surface area contributed by atoms with Gasteiger partial charge in [0.2, 0.25) is 5.91 Å². The van der Waals surface area contributed by atoms with Crippen molar-refractivity contribution in [1.82, 2.24) is 4.90 Å². The number of nitrogens with zero attached hydrogens (tertiary/aromatic N) is 1. The third-order valence-corrected chi connectivity index (χ3v) is 5.31. The van der Waals surface area contributed by atoms with Crippen LogP contribution in [0, 0.1) is 0 Å². The first-order valence-electron chi connectivity index (χ1n) is 8.34. The van der Waals surface area contributed by atoms with Gasteiger partial charge in [-0.15, -0.1) is 11.8 Å². The van der Waals surface area contributed by atoms with Crippen LogP contribution in [0.1, 0.15) is 27.5 Å². The van der Waals surface area contributed by atoms with Gasteiger partial charge >= 0.3 is 5.97 Å². The Morgan fingerprint density at radius 3 is 2.42 bits per heavy atom. The molecule has 0 spiro atoms. The largest absolute Gasteiger partial charge is 0.479 e. The fourth-order valence-electron chi connectivity index (χ4n) is 3.12. The van der Waals surface area contributed by atoms with E-state index >= 15 is 0 Å². The number of ketones is 1. The van der Waals surface area contributed by atoms with Gasteiger partial charge in [0.05, 0.1) is 11.5 Å². The maximum absolute atomic E-state index is 12.6. The smallest absolute Gasteiger partial charge is 0.331 e. The van der Waals surface area contributed by atoms with Crippen LogP contribution in [0.15, 0.2) is 54.6 Å². The zero-order valence-corrected chi connectivity index (χ0v) is 14.9. The molecule has 1 aliphatic rings. The molecule has 0 saturated carbocycles. The number of carbonyl (C=O) groups is 3. The fraction of sp³-hybridized carbons (Fsp3) is 0.250. The third kappa shape index (κ3) is 3.96. The molecule has 0 saturated heterocycles. The van der Waals surface area contributed by atoms with E-state index in [1.807, 2.05) is 18.2 Å². The van der Waals surface area contributed by atoms with Gasteiger partial charge in [0.1, 0.15) is 0 Å². The first-order chi connectivity index (χ1) is 12.6. The number of carboxylic acid groups (broad SMARTS) is 1. The lowest BCUT2D eigenvalue weighted by Gasteiger charge is -2.34. The van der Waals surface area contributed by atoms with Gasteiger partial charge in [-0.05, 0) is 17.5 Å². The molecule has 0 radical (unpaired) electrons. The van der Waals surface area contributed by atoms with Crippen LogP contribution in [0.4, 0.5) is 0 Å². The van der Waals surface area contributed by atoms with Gasteiger partial charge in [0.25, 0.3) is 0 Å². The minimum absolute atomic E-state index is 0.0397. The molecule has 1 N–H and O–H groups in total. The molecule has 1 unspecified atom stereocenters. The van der Waals surface area contributed by atoms with Gasteiger partial charge in [-0.2, -0.15) is 0 Å². The minimum Gasteiger partial charge on any atom is -0.479 e. The van der Waals surface area contributed by atoms with Crippen molar-refractivity contribution >= 4 is 29.4 Å². The van der Waals surface area contributed by atoms with E-state index in [1.54, 1.807) is 36.4 Å². The molecule has 2 aromatic rings. The van der Waals surface area contributed by atoms with Crippen molar-refractivity contribution in [2.75, 3.05) is 18.1 Å². The van der Waals surface area contributed by atoms with Gasteiger partial charge in [0.15, 0.2) is 11.8 Å². The van der Waals surface area contributed by atoms with Crippen LogP contribution in [0.3, 0.4) is 0 Å². The highest BCUT2D eigenvalue weighted by Gasteiger charge is 2.35. The summed E-state index contributed by atoms with van der Waals surface area (Å²) in [6, 6.07) is 15.3. The van der Waals surface area contributed by atoms with Crippen molar-refractivity contribution in [2.45, 2.75) is 12.5 Å². The number of benzene rings is 2. The molecule has 0 fully saturated rings. The Bertz CT molecular complexity index is 822. The number of amides is 1. The topological polar surface area (TPSA) is 74.7 Å². The van der Waals surface area contributed by atoms with Gasteiger partial charge in [-0.1, -0.05) is 54.6 Å². The molecule has 0 aliphatic carbocycles. The zero-order chi connectivity index (χ0) is 18.5. The van der Waals surface area contributed by atoms with Gasteiger partial charge in [-0.3, -0.25) is 9.59 Å². The average Bonchev–Trinajstić information content (AvgIpc) is 2.67. The Kier molecular flexibility index (Phi) is 5.73. The van der Waals surface area contributed by atoms with Gasteiger partial charge < -0.3 is 10.0 Å². The van der Waals surface area contributed by atoms with Crippen molar-refractivity contribution in [3.8, 4) is 0 Å². The molecule has 6 heteroatoms. The summed E-state index contributed by atoms with van der Waals surface area (Å²) < 4.78 is 0. The number of rotatable bonds is 6. The normalized spacial score (nSPS) is 16.0. The first-order valence-corrected chi connectivity index (χ1v) is 9.49. The number of hydrogen-bond acceptors (Lipinski definition) is 4. The summed E-state index contributed by atoms with van der Waals surface area (Å²) in [6.45, 7) is 0.375. The van der Waals surface area contributed by atoms with Crippen molar-refractivity contribution in [2.24, 2.45) is 0 Å². The van der Waals surface area contributed by atoms with Gasteiger partial charge in [0, 0.05) is 12.1 Å². The summed E-state index contributed by atoms with van der Waals surface area (Å²) >= 11 is 1.22. The molecule has 1 atom stereocenters. The molecule has 0 aromatic heterocycles. The number of hydrogen-bond donors (Lipinski definition) is 1. The monoisotopic (exact) mass is 369 g/mol. The number of carboxylic acids is 1. The van der Waals surface area contributed by atoms with E-state index in [9.17, 15) is 19.5 Å². The van der Waals surface area contributed by atoms with Crippen molar-refractivity contribution in [1.29, 1.82) is 0 Å². The van der Waals surface area contributed by atoms with Crippen LogP contribution in [0.5, 0.6) is 0 Å². The van der Waals surface area contributed by atoms with E-state index in [-0.39, 0.29) is 23.2 Å². The molecule has 5 nitrogen and oxygen atoms in total. The minimum atomic E-state index is -1.03. The Hall–Kier alpha value is -2.60. The molecule has 134 valence electrons. The van der Waals surface area contributed by atoms with Crippen LogP contribution in [-0.4, -0.2) is 45.7 Å². The molecule has 1 aliphatic heterocycles. The Morgan fingerprint density at radius 2 is 1.69 bits per heavy atom. The van der Waals surface area contributed by atoms with E-state index in [0.717, 1.165) is 5.56 Å². The highest BCUT2D eigenvalue weighted by Crippen LogP contribution is 2.30. The zero-order valence-electron chi connectivity index (χ0n) is 14.1. The Morgan fingerprint density at radius 1 is 1.00 bits per heavy atom. The molecule has 0 bridgehead atoms. The quantitative estimate of drug-likeness (QED) is 0.793. The van der Waals surface area contributed by atoms with E-state index in [2.05, 4.69) is 0 Å². The molecule has 1 heterocycles. The van der Waals surface area contributed by atoms with Crippen molar-refractivity contribution in [3.05, 3.63) is 71.3 Å². The summed E-state index contributed by atoms with van der Waals surface area (Å²) in [5.74, 6) is -1.04. The molecule has 2 aromatic carbocycles. The maximum atomic E-state index is 12.6. The standard InChI is InChI=1S/C20H19NO4S/c22-17(15-7-2-1-3-8-15)12-26-13-18(23)21-11-10-14-6-4-5-9-16(14)19(21)20(24)25/h1-9,19H,10-13H2,(H,24,25). The number of aliphatic carboxylic acids is 1. The maximum Gasteiger partial charge on any atom is 0.331 e. The summed E-state index contributed by atoms with van der Waals surface area (Å²) in [4.78, 5) is 37.8. The van der Waals surface area contributed by atoms with E-state index in [0.29, 0.717) is 24.1 Å². The predicted molar refractivity (Wildman–Crippen MR) is 100 cm³/mol. The number of thioether (sulfide) groups is 1. The van der Waals surface area contributed by atoms with Crippen LogP contribution in [0.2, 0.25) is 0 Å². The molecular weight excluding hydrogens is 350 g/mol. The van der Waals surface area contributed by atoms with E-state index in [4.69, 9.17) is 0 Å². The summed E-state index contributed by atoms with van der Waals surface area (Å²) in [6.07, 6.45) is 0.638. The van der Waals surface area contributed by atoms with Crippen LogP contribution >= 0.6 is 11.8 Å². The summed E-state index contributed by atoms with van der Waals surface area (Å²) in [5.41, 5.74) is 2.25. The first kappa shape index (κ1) is 18.2. The summed E-state index contributed by atoms with van der Waals surface area (Å²) in [7, 11) is 0. The second-order valence-electron chi connectivity index (χ2n) is 6.06. The fourth-order valence-corrected chi connectivity index (χ4v) is 3.92. The van der Waals surface area contributed by atoms with Crippen LogP contribution in [-0.2, 0) is 16.0 Å². The third-order valence-electron chi connectivity index (χ3n) is 4.39. The van der Waals surface area contributed by atoms with Crippen molar-refractivity contribution in [3.63, 3.8) is 0 Å². The van der Waals surface area contributed by atoms with E-state index < -0.39 is 12.0 Å². The van der Waals surface area contributed by atoms with Gasteiger partial charge in [-0.25, -0.2) is 4.79 Å². The predicted octanol–water partition coefficient (Wildman–Crippen LogP) is 2.81.